The summed E-state index contributed by atoms with van der Waals surface area (Å²) in [5.41, 5.74) is 6.60. The Bertz CT molecular complexity index is 973. The van der Waals surface area contributed by atoms with Gasteiger partial charge < -0.3 is 0 Å². The van der Waals surface area contributed by atoms with Crippen LogP contribution in [0.3, 0.4) is 0 Å². The third kappa shape index (κ3) is 1.98. The van der Waals surface area contributed by atoms with Crippen molar-refractivity contribution < 1.29 is 4.92 Å². The Morgan fingerprint density at radius 2 is 1.42 bits per heavy atom. The van der Waals surface area contributed by atoms with Gasteiger partial charge in [-0.2, -0.15) is 0 Å². The predicted molar refractivity (Wildman–Crippen MR) is 96.1 cm³/mol. The van der Waals surface area contributed by atoms with Crippen molar-refractivity contribution in [3.8, 4) is 22.3 Å². The van der Waals surface area contributed by atoms with Crippen LogP contribution in [-0.4, -0.2) is 4.92 Å². The number of hydrogen-bond donors (Lipinski definition) is 0. The number of hydrogen-bond acceptors (Lipinski definition) is 2. The molecule has 0 bridgehead atoms. The third-order valence-corrected chi connectivity index (χ3v) is 5.00. The lowest BCUT2D eigenvalue weighted by Gasteiger charge is -2.21. The Balaban J connectivity index is 1.96. The maximum atomic E-state index is 11.3. The Morgan fingerprint density at radius 3 is 2.17 bits per heavy atom. The quantitative estimate of drug-likeness (QED) is 0.458. The first kappa shape index (κ1) is 14.6. The van der Waals surface area contributed by atoms with Gasteiger partial charge in [0.1, 0.15) is 0 Å². The van der Waals surface area contributed by atoms with Crippen LogP contribution in [0.5, 0.6) is 0 Å². The van der Waals surface area contributed by atoms with Crippen molar-refractivity contribution in [1.82, 2.24) is 0 Å². The van der Waals surface area contributed by atoms with E-state index in [1.54, 1.807) is 12.1 Å². The lowest BCUT2D eigenvalue weighted by molar-refractivity contribution is -0.384. The number of benzene rings is 3. The normalized spacial score (nSPS) is 14.1. The Labute approximate surface area is 140 Å². The molecule has 1 aliphatic carbocycles. The van der Waals surface area contributed by atoms with E-state index >= 15 is 0 Å². The minimum Gasteiger partial charge on any atom is -0.258 e. The standard InChI is InChI=1S/C21H17NO2/c1-21(2)18-9-5-3-8-16(18)17-13-14(11-12-19(17)21)15-7-4-6-10-20(15)22(23)24/h3-13H,1-2H3. The fourth-order valence-electron chi connectivity index (χ4n) is 3.76. The third-order valence-electron chi connectivity index (χ3n) is 5.00. The number of nitrogens with zero attached hydrogens (tertiary/aromatic N) is 1. The second kappa shape index (κ2) is 5.03. The zero-order valence-electron chi connectivity index (χ0n) is 13.6. The van der Waals surface area contributed by atoms with Crippen molar-refractivity contribution in [3.63, 3.8) is 0 Å². The molecule has 0 radical (unpaired) electrons. The highest BCUT2D eigenvalue weighted by molar-refractivity contribution is 5.85. The van der Waals surface area contributed by atoms with E-state index in [2.05, 4.69) is 44.2 Å². The van der Waals surface area contributed by atoms with E-state index < -0.39 is 0 Å². The van der Waals surface area contributed by atoms with Crippen LogP contribution >= 0.6 is 0 Å². The summed E-state index contributed by atoms with van der Waals surface area (Å²) in [6.45, 7) is 4.45. The highest BCUT2D eigenvalue weighted by Gasteiger charge is 2.35. The number of para-hydroxylation sites is 1. The van der Waals surface area contributed by atoms with E-state index in [4.69, 9.17) is 0 Å². The predicted octanol–water partition coefficient (Wildman–Crippen LogP) is 5.57. The highest BCUT2D eigenvalue weighted by Crippen LogP contribution is 2.49. The minimum atomic E-state index is -0.319. The lowest BCUT2D eigenvalue weighted by Crippen LogP contribution is -2.14. The summed E-state index contributed by atoms with van der Waals surface area (Å²) in [7, 11) is 0. The van der Waals surface area contributed by atoms with E-state index in [9.17, 15) is 10.1 Å². The molecule has 4 rings (SSSR count). The molecule has 0 heterocycles. The van der Waals surface area contributed by atoms with Crippen molar-refractivity contribution in [3.05, 3.63) is 88.0 Å². The molecule has 3 nitrogen and oxygen atoms in total. The average Bonchev–Trinajstić information content (AvgIpc) is 2.83. The van der Waals surface area contributed by atoms with E-state index in [-0.39, 0.29) is 16.0 Å². The second-order valence-corrected chi connectivity index (χ2v) is 6.71. The van der Waals surface area contributed by atoms with Gasteiger partial charge in [-0.1, -0.05) is 62.4 Å². The molecule has 0 aromatic heterocycles. The van der Waals surface area contributed by atoms with E-state index in [1.165, 1.54) is 22.3 Å². The van der Waals surface area contributed by atoms with Crippen LogP contribution in [0.2, 0.25) is 0 Å². The fourth-order valence-corrected chi connectivity index (χ4v) is 3.76. The average molecular weight is 315 g/mol. The van der Waals surface area contributed by atoms with Crippen LogP contribution in [0, 0.1) is 10.1 Å². The maximum absolute atomic E-state index is 11.3. The molecule has 0 fully saturated rings. The summed E-state index contributed by atoms with van der Waals surface area (Å²) >= 11 is 0. The molecule has 0 N–H and O–H groups in total. The minimum absolute atomic E-state index is 0.0485. The van der Waals surface area contributed by atoms with Crippen LogP contribution < -0.4 is 0 Å². The molecule has 0 amide bonds. The topological polar surface area (TPSA) is 43.1 Å². The number of fused-ring (bicyclic) bond motifs is 3. The summed E-state index contributed by atoms with van der Waals surface area (Å²) in [4.78, 5) is 11.0. The van der Waals surface area contributed by atoms with E-state index in [0.29, 0.717) is 5.56 Å². The smallest absolute Gasteiger partial charge is 0.258 e. The van der Waals surface area contributed by atoms with Gasteiger partial charge in [0, 0.05) is 11.5 Å². The Morgan fingerprint density at radius 1 is 0.792 bits per heavy atom. The van der Waals surface area contributed by atoms with Gasteiger partial charge >= 0.3 is 0 Å². The zero-order valence-corrected chi connectivity index (χ0v) is 13.6. The van der Waals surface area contributed by atoms with Crippen LogP contribution in [0.25, 0.3) is 22.3 Å². The first-order valence-electron chi connectivity index (χ1n) is 7.98. The summed E-state index contributed by atoms with van der Waals surface area (Å²) in [5, 5.41) is 11.3. The Hall–Kier alpha value is -2.94. The monoisotopic (exact) mass is 315 g/mol. The van der Waals surface area contributed by atoms with Gasteiger partial charge in [-0.05, 0) is 39.9 Å². The molecule has 0 spiro atoms. The van der Waals surface area contributed by atoms with Crippen LogP contribution in [0.4, 0.5) is 5.69 Å². The van der Waals surface area contributed by atoms with Crippen molar-refractivity contribution in [2.75, 3.05) is 0 Å². The van der Waals surface area contributed by atoms with Gasteiger partial charge in [-0.15, -0.1) is 0 Å². The molecule has 0 unspecified atom stereocenters. The summed E-state index contributed by atoms with van der Waals surface area (Å²) < 4.78 is 0. The molecule has 0 atom stereocenters. The molecule has 0 saturated heterocycles. The molecule has 0 saturated carbocycles. The van der Waals surface area contributed by atoms with Crippen LogP contribution in [-0.2, 0) is 5.41 Å². The SMILES string of the molecule is CC1(C)c2ccccc2-c2cc(-c3ccccc3[N+](=O)[O-])ccc21. The highest BCUT2D eigenvalue weighted by atomic mass is 16.6. The van der Waals surface area contributed by atoms with Gasteiger partial charge in [-0.3, -0.25) is 10.1 Å². The summed E-state index contributed by atoms with van der Waals surface area (Å²) in [6, 6.07) is 21.5. The van der Waals surface area contributed by atoms with Crippen molar-refractivity contribution >= 4 is 5.69 Å². The molecule has 24 heavy (non-hydrogen) atoms. The molecule has 3 aromatic carbocycles. The maximum Gasteiger partial charge on any atom is 0.277 e. The Kier molecular flexibility index (Phi) is 3.07. The van der Waals surface area contributed by atoms with E-state index in [1.807, 2.05) is 24.3 Å². The molecular formula is C21H17NO2. The number of nitro groups is 1. The van der Waals surface area contributed by atoms with Gasteiger partial charge in [0.05, 0.1) is 10.5 Å². The number of nitro benzene ring substituents is 1. The molecule has 3 aromatic rings. The van der Waals surface area contributed by atoms with Gasteiger partial charge in [0.2, 0.25) is 0 Å². The van der Waals surface area contributed by atoms with Gasteiger partial charge in [0.25, 0.3) is 5.69 Å². The van der Waals surface area contributed by atoms with Crippen LogP contribution in [0.1, 0.15) is 25.0 Å². The molecular weight excluding hydrogens is 298 g/mol. The molecule has 0 aliphatic heterocycles. The first-order chi connectivity index (χ1) is 11.5. The molecule has 118 valence electrons. The van der Waals surface area contributed by atoms with E-state index in [0.717, 1.165) is 5.56 Å². The lowest BCUT2D eigenvalue weighted by atomic mass is 9.82. The number of rotatable bonds is 2. The first-order valence-corrected chi connectivity index (χ1v) is 7.98. The van der Waals surface area contributed by atoms with Gasteiger partial charge in [-0.25, -0.2) is 0 Å². The fraction of sp³-hybridized carbons (Fsp3) is 0.143. The summed E-state index contributed by atoms with van der Waals surface area (Å²) in [6.07, 6.45) is 0. The van der Waals surface area contributed by atoms with Crippen molar-refractivity contribution in [2.45, 2.75) is 19.3 Å². The second-order valence-electron chi connectivity index (χ2n) is 6.71. The largest absolute Gasteiger partial charge is 0.277 e. The van der Waals surface area contributed by atoms with Gasteiger partial charge in [0.15, 0.2) is 0 Å². The zero-order chi connectivity index (χ0) is 16.9. The molecule has 1 aliphatic rings. The van der Waals surface area contributed by atoms with Crippen molar-refractivity contribution in [1.29, 1.82) is 0 Å². The summed E-state index contributed by atoms with van der Waals surface area (Å²) in [5.74, 6) is 0. The van der Waals surface area contributed by atoms with Crippen LogP contribution in [0.15, 0.2) is 66.7 Å². The molecule has 3 heteroatoms. The van der Waals surface area contributed by atoms with Crippen molar-refractivity contribution in [2.24, 2.45) is 0 Å².